The fourth-order valence-corrected chi connectivity index (χ4v) is 3.02. The van der Waals surface area contributed by atoms with Crippen LogP contribution in [0.3, 0.4) is 0 Å². The molecule has 0 radical (unpaired) electrons. The van der Waals surface area contributed by atoms with Crippen molar-refractivity contribution < 1.29 is 4.57 Å². The molecule has 0 amide bonds. The lowest BCUT2D eigenvalue weighted by molar-refractivity contribution is -0.671. The second-order valence-corrected chi connectivity index (χ2v) is 6.17. The maximum Gasteiger partial charge on any atom is 0.242 e. The van der Waals surface area contributed by atoms with Gasteiger partial charge in [0.05, 0.1) is 6.54 Å². The number of nitrogens with one attached hydrogen (secondary N) is 1. The third-order valence-corrected chi connectivity index (χ3v) is 4.34. The summed E-state index contributed by atoms with van der Waals surface area (Å²) in [7, 11) is 0. The average Bonchev–Trinajstić information content (AvgIpc) is 2.92. The first-order valence-electron chi connectivity index (χ1n) is 8.87. The van der Waals surface area contributed by atoms with E-state index in [4.69, 9.17) is 0 Å². The van der Waals surface area contributed by atoms with E-state index < -0.39 is 0 Å². The van der Waals surface area contributed by atoms with Crippen LogP contribution in [0, 0.1) is 0 Å². The third-order valence-electron chi connectivity index (χ3n) is 4.34. The Morgan fingerprint density at radius 2 is 1.43 bits per heavy atom. The summed E-state index contributed by atoms with van der Waals surface area (Å²) in [6.07, 6.45) is 16.1. The monoisotopic (exact) mass is 287 g/mol. The van der Waals surface area contributed by atoms with Crippen LogP contribution in [-0.2, 0) is 6.54 Å². The van der Waals surface area contributed by atoms with Crippen molar-refractivity contribution in [2.75, 3.05) is 0 Å². The SMILES string of the molecule is CCCCCCCCCCCC[n+]1c[nH]c2ccccc21. The molecule has 0 aliphatic carbocycles. The van der Waals surface area contributed by atoms with Crippen molar-refractivity contribution in [1.82, 2.24) is 4.98 Å². The van der Waals surface area contributed by atoms with Gasteiger partial charge in [0.2, 0.25) is 6.33 Å². The summed E-state index contributed by atoms with van der Waals surface area (Å²) in [5.74, 6) is 0. The summed E-state index contributed by atoms with van der Waals surface area (Å²) in [4.78, 5) is 3.34. The summed E-state index contributed by atoms with van der Waals surface area (Å²) in [6, 6.07) is 8.54. The lowest BCUT2D eigenvalue weighted by atomic mass is 10.1. The Labute approximate surface area is 129 Å². The molecule has 2 heteroatoms. The average molecular weight is 287 g/mol. The first-order valence-corrected chi connectivity index (χ1v) is 8.87. The van der Waals surface area contributed by atoms with E-state index in [1.165, 1.54) is 75.2 Å². The van der Waals surface area contributed by atoms with E-state index >= 15 is 0 Å². The van der Waals surface area contributed by atoms with Crippen LogP contribution in [0.1, 0.15) is 71.1 Å². The number of rotatable bonds is 11. The molecule has 2 aromatic rings. The van der Waals surface area contributed by atoms with Crippen LogP contribution < -0.4 is 4.57 Å². The van der Waals surface area contributed by atoms with Gasteiger partial charge in [-0.2, -0.15) is 0 Å². The van der Waals surface area contributed by atoms with E-state index in [2.05, 4.69) is 47.1 Å². The number of unbranched alkanes of at least 4 members (excludes halogenated alkanes) is 9. The number of aromatic amines is 1. The first-order chi connectivity index (χ1) is 10.4. The van der Waals surface area contributed by atoms with Crippen molar-refractivity contribution in [3.05, 3.63) is 30.6 Å². The van der Waals surface area contributed by atoms with Crippen molar-refractivity contribution >= 4 is 11.0 Å². The molecule has 0 atom stereocenters. The summed E-state index contributed by atoms with van der Waals surface area (Å²) >= 11 is 0. The number of aryl methyl sites for hydroxylation is 1. The number of fused-ring (bicyclic) bond motifs is 1. The lowest BCUT2D eigenvalue weighted by Crippen LogP contribution is -2.31. The van der Waals surface area contributed by atoms with Crippen LogP contribution in [0.25, 0.3) is 11.0 Å². The van der Waals surface area contributed by atoms with Crippen LogP contribution in [0.4, 0.5) is 0 Å². The van der Waals surface area contributed by atoms with Gasteiger partial charge in [-0.3, -0.25) is 0 Å². The highest BCUT2D eigenvalue weighted by Crippen LogP contribution is 2.11. The van der Waals surface area contributed by atoms with Crippen LogP contribution in [0.5, 0.6) is 0 Å². The van der Waals surface area contributed by atoms with Gasteiger partial charge in [-0.25, -0.2) is 9.55 Å². The number of nitrogens with zero attached hydrogens (tertiary/aromatic N) is 1. The van der Waals surface area contributed by atoms with E-state index in [9.17, 15) is 0 Å². The number of H-pyrrole nitrogens is 1. The molecule has 0 spiro atoms. The molecule has 1 aromatic carbocycles. The highest BCUT2D eigenvalue weighted by atomic mass is 15.0. The van der Waals surface area contributed by atoms with E-state index in [0.29, 0.717) is 0 Å². The molecule has 0 bridgehead atoms. The van der Waals surface area contributed by atoms with Crippen LogP contribution in [0.15, 0.2) is 30.6 Å². The lowest BCUT2D eigenvalue weighted by Gasteiger charge is -2.02. The number of imidazole rings is 1. The minimum atomic E-state index is 1.14. The molecule has 0 saturated carbocycles. The Balaban J connectivity index is 1.52. The van der Waals surface area contributed by atoms with Crippen molar-refractivity contribution in [3.8, 4) is 0 Å². The van der Waals surface area contributed by atoms with Crippen LogP contribution >= 0.6 is 0 Å². The van der Waals surface area contributed by atoms with E-state index in [-0.39, 0.29) is 0 Å². The zero-order chi connectivity index (χ0) is 14.8. The molecule has 0 unspecified atom stereocenters. The molecule has 116 valence electrons. The highest BCUT2D eigenvalue weighted by Gasteiger charge is 2.07. The Morgan fingerprint density at radius 1 is 0.810 bits per heavy atom. The minimum Gasteiger partial charge on any atom is -0.243 e. The summed E-state index contributed by atoms with van der Waals surface area (Å²) in [6.45, 7) is 3.42. The van der Waals surface area contributed by atoms with E-state index in [0.717, 1.165) is 6.54 Å². The molecular weight excluding hydrogens is 256 g/mol. The Hall–Kier alpha value is -1.31. The maximum absolute atomic E-state index is 3.34. The van der Waals surface area contributed by atoms with E-state index in [1.54, 1.807) is 0 Å². The van der Waals surface area contributed by atoms with Gasteiger partial charge in [-0.1, -0.05) is 70.4 Å². The molecule has 21 heavy (non-hydrogen) atoms. The molecule has 2 nitrogen and oxygen atoms in total. The van der Waals surface area contributed by atoms with Gasteiger partial charge in [0.15, 0.2) is 11.0 Å². The molecule has 1 aromatic heterocycles. The highest BCUT2D eigenvalue weighted by molar-refractivity contribution is 5.70. The molecule has 1 heterocycles. The topological polar surface area (TPSA) is 19.7 Å². The van der Waals surface area contributed by atoms with Crippen molar-refractivity contribution in [3.63, 3.8) is 0 Å². The third kappa shape index (κ3) is 5.53. The molecule has 0 aliphatic rings. The second kappa shape index (κ2) is 9.59. The van der Waals surface area contributed by atoms with Gasteiger partial charge in [0.1, 0.15) is 0 Å². The standard InChI is InChI=1S/C19H30N2/c1-2-3-4-5-6-7-8-9-10-13-16-21-17-20-18-14-11-12-15-19(18)21/h11-12,14-15,17H,2-10,13,16H2,1H3/p+1. The number of hydrogen-bond donors (Lipinski definition) is 1. The fraction of sp³-hybridized carbons (Fsp3) is 0.632. The van der Waals surface area contributed by atoms with Crippen LogP contribution in [0.2, 0.25) is 0 Å². The minimum absolute atomic E-state index is 1.14. The van der Waals surface area contributed by atoms with Crippen LogP contribution in [-0.4, -0.2) is 4.98 Å². The smallest absolute Gasteiger partial charge is 0.242 e. The Bertz CT molecular complexity index is 501. The predicted octanol–water partition coefficient (Wildman–Crippen LogP) is 5.38. The molecule has 0 aliphatic heterocycles. The Kier molecular flexibility index (Phi) is 7.34. The zero-order valence-corrected chi connectivity index (χ0v) is 13.6. The quantitative estimate of drug-likeness (QED) is 0.423. The fourth-order valence-electron chi connectivity index (χ4n) is 3.02. The number of para-hydroxylation sites is 2. The number of aromatic nitrogens is 2. The van der Waals surface area contributed by atoms with Gasteiger partial charge in [-0.05, 0) is 25.0 Å². The molecular formula is C19H31N2+. The van der Waals surface area contributed by atoms with Gasteiger partial charge in [-0.15, -0.1) is 0 Å². The summed E-state index contributed by atoms with van der Waals surface area (Å²) < 4.78 is 2.35. The van der Waals surface area contributed by atoms with Gasteiger partial charge in [0, 0.05) is 0 Å². The summed E-state index contributed by atoms with van der Waals surface area (Å²) in [5, 5.41) is 0. The normalized spacial score (nSPS) is 11.3. The second-order valence-electron chi connectivity index (χ2n) is 6.17. The van der Waals surface area contributed by atoms with Crippen molar-refractivity contribution in [2.45, 2.75) is 77.7 Å². The first kappa shape index (κ1) is 16.1. The number of benzene rings is 1. The molecule has 0 saturated heterocycles. The zero-order valence-electron chi connectivity index (χ0n) is 13.6. The maximum atomic E-state index is 3.34. The molecule has 2 rings (SSSR count). The van der Waals surface area contributed by atoms with Gasteiger partial charge >= 0.3 is 0 Å². The largest absolute Gasteiger partial charge is 0.243 e. The number of hydrogen-bond acceptors (Lipinski definition) is 0. The molecule has 1 N–H and O–H groups in total. The molecule has 0 fully saturated rings. The van der Waals surface area contributed by atoms with Gasteiger partial charge < -0.3 is 0 Å². The van der Waals surface area contributed by atoms with Crippen molar-refractivity contribution in [1.29, 1.82) is 0 Å². The van der Waals surface area contributed by atoms with Crippen molar-refractivity contribution in [2.24, 2.45) is 0 Å². The van der Waals surface area contributed by atoms with E-state index in [1.807, 2.05) is 0 Å². The predicted molar refractivity (Wildman–Crippen MR) is 90.3 cm³/mol. The van der Waals surface area contributed by atoms with Gasteiger partial charge in [0.25, 0.3) is 0 Å². The summed E-state index contributed by atoms with van der Waals surface area (Å²) in [5.41, 5.74) is 2.57. The Morgan fingerprint density at radius 3 is 2.14 bits per heavy atom.